The minimum Gasteiger partial charge on any atom is -0.312 e. The average molecular weight is 200 g/mol. The van der Waals surface area contributed by atoms with Crippen LogP contribution in [-0.4, -0.2) is 19.2 Å². The number of hydrogen-bond donors (Lipinski definition) is 1. The quantitative estimate of drug-likeness (QED) is 0.540. The molecule has 0 aliphatic carbocycles. The van der Waals surface area contributed by atoms with E-state index in [4.69, 9.17) is 0 Å². The van der Waals surface area contributed by atoms with Gasteiger partial charge in [-0.25, -0.2) is 5.11 Å². The van der Waals surface area contributed by atoms with Crippen molar-refractivity contribution < 1.29 is 5.11 Å². The lowest BCUT2D eigenvalue weighted by molar-refractivity contribution is 0.153. The van der Waals surface area contributed by atoms with E-state index in [1.54, 1.807) is 0 Å². The molecule has 1 atom stereocenters. The molecule has 2 nitrogen and oxygen atoms in total. The second-order valence-electron chi connectivity index (χ2n) is 4.02. The van der Waals surface area contributed by atoms with Crippen molar-refractivity contribution in [1.82, 2.24) is 5.32 Å². The van der Waals surface area contributed by atoms with Gasteiger partial charge in [0.05, 0.1) is 6.61 Å². The fourth-order valence-corrected chi connectivity index (χ4v) is 1.55. The number of unbranched alkanes of at least 4 members (excludes halogenated alkanes) is 4. The zero-order chi connectivity index (χ0) is 10.6. The van der Waals surface area contributed by atoms with E-state index in [0.717, 1.165) is 13.0 Å². The maximum Gasteiger partial charge on any atom is 0.0975 e. The van der Waals surface area contributed by atoms with Crippen molar-refractivity contribution >= 4 is 0 Å². The Bertz CT molecular complexity index is 106. The monoisotopic (exact) mass is 200 g/mol. The van der Waals surface area contributed by atoms with Crippen LogP contribution in [0, 0.1) is 0 Å². The number of rotatable bonds is 10. The second-order valence-corrected chi connectivity index (χ2v) is 4.02. The van der Waals surface area contributed by atoms with Gasteiger partial charge in [0.15, 0.2) is 0 Å². The van der Waals surface area contributed by atoms with Gasteiger partial charge >= 0.3 is 0 Å². The second kappa shape index (κ2) is 11.0. The van der Waals surface area contributed by atoms with E-state index < -0.39 is 0 Å². The van der Waals surface area contributed by atoms with Gasteiger partial charge in [0, 0.05) is 6.04 Å². The maximum atomic E-state index is 10.8. The van der Waals surface area contributed by atoms with Crippen LogP contribution in [0.5, 0.6) is 0 Å². The third-order valence-electron chi connectivity index (χ3n) is 2.57. The lowest BCUT2D eigenvalue weighted by atomic mass is 10.1. The van der Waals surface area contributed by atoms with E-state index >= 15 is 0 Å². The van der Waals surface area contributed by atoms with Crippen LogP contribution in [0.15, 0.2) is 0 Å². The zero-order valence-electron chi connectivity index (χ0n) is 9.85. The summed E-state index contributed by atoms with van der Waals surface area (Å²) in [6.45, 7) is 5.45. The molecule has 14 heavy (non-hydrogen) atoms. The summed E-state index contributed by atoms with van der Waals surface area (Å²) in [6.07, 6.45) is 8.52. The minimum atomic E-state index is 0.0355. The molecule has 1 N–H and O–H groups in total. The zero-order valence-corrected chi connectivity index (χ0v) is 9.85. The molecule has 2 heteroatoms. The van der Waals surface area contributed by atoms with Crippen molar-refractivity contribution in [2.24, 2.45) is 0 Å². The van der Waals surface area contributed by atoms with Gasteiger partial charge in [-0.15, -0.1) is 0 Å². The third-order valence-corrected chi connectivity index (χ3v) is 2.57. The van der Waals surface area contributed by atoms with Crippen molar-refractivity contribution in [2.75, 3.05) is 13.2 Å². The van der Waals surface area contributed by atoms with Gasteiger partial charge in [-0.1, -0.05) is 46.0 Å². The summed E-state index contributed by atoms with van der Waals surface area (Å²) in [4.78, 5) is 0. The van der Waals surface area contributed by atoms with Crippen LogP contribution >= 0.6 is 0 Å². The first-order valence-corrected chi connectivity index (χ1v) is 6.16. The molecular weight excluding hydrogens is 174 g/mol. The lowest BCUT2D eigenvalue weighted by Gasteiger charge is -2.14. The molecule has 0 spiro atoms. The molecule has 0 saturated carbocycles. The summed E-state index contributed by atoms with van der Waals surface area (Å²) in [5.74, 6) is 0. The van der Waals surface area contributed by atoms with Crippen LogP contribution in [0.3, 0.4) is 0 Å². The molecule has 0 aromatic heterocycles. The maximum absolute atomic E-state index is 10.8. The average Bonchev–Trinajstić information content (AvgIpc) is 2.22. The van der Waals surface area contributed by atoms with Crippen LogP contribution < -0.4 is 5.32 Å². The van der Waals surface area contributed by atoms with E-state index in [1.165, 1.54) is 38.5 Å². The molecule has 0 rings (SSSR count). The van der Waals surface area contributed by atoms with Crippen molar-refractivity contribution in [3.05, 3.63) is 0 Å². The van der Waals surface area contributed by atoms with Crippen LogP contribution in [0.2, 0.25) is 0 Å². The molecular formula is C12H26NO. The highest BCUT2D eigenvalue weighted by molar-refractivity contribution is 4.64. The lowest BCUT2D eigenvalue weighted by Crippen LogP contribution is -2.32. The summed E-state index contributed by atoms with van der Waals surface area (Å²) < 4.78 is 0. The Hall–Kier alpha value is -0.0800. The van der Waals surface area contributed by atoms with E-state index in [2.05, 4.69) is 19.2 Å². The summed E-state index contributed by atoms with van der Waals surface area (Å²) in [5.41, 5.74) is 0. The predicted molar refractivity (Wildman–Crippen MR) is 61.0 cm³/mol. The van der Waals surface area contributed by atoms with Crippen LogP contribution in [0.4, 0.5) is 0 Å². The summed E-state index contributed by atoms with van der Waals surface area (Å²) in [7, 11) is 0. The predicted octanol–water partition coefficient (Wildman–Crippen LogP) is 3.15. The molecule has 0 bridgehead atoms. The van der Waals surface area contributed by atoms with Crippen molar-refractivity contribution in [3.8, 4) is 0 Å². The Morgan fingerprint density at radius 2 is 1.71 bits per heavy atom. The fraction of sp³-hybridized carbons (Fsp3) is 1.00. The van der Waals surface area contributed by atoms with Gasteiger partial charge in [0.25, 0.3) is 0 Å². The number of hydrogen-bond acceptors (Lipinski definition) is 1. The smallest absolute Gasteiger partial charge is 0.0975 e. The van der Waals surface area contributed by atoms with Gasteiger partial charge in [-0.05, 0) is 19.4 Å². The summed E-state index contributed by atoms with van der Waals surface area (Å²) >= 11 is 0. The molecule has 0 aliphatic rings. The molecule has 85 valence electrons. The molecule has 0 aromatic rings. The highest BCUT2D eigenvalue weighted by Crippen LogP contribution is 2.01. The van der Waals surface area contributed by atoms with Gasteiger partial charge in [0.2, 0.25) is 0 Å². The Kier molecular flexibility index (Phi) is 10.9. The van der Waals surface area contributed by atoms with E-state index in [0.29, 0.717) is 0 Å². The van der Waals surface area contributed by atoms with Gasteiger partial charge in [-0.3, -0.25) is 0 Å². The SMILES string of the molecule is CCCCCCNC(C[O])CCCC. The molecule has 0 aromatic carbocycles. The highest BCUT2D eigenvalue weighted by Gasteiger charge is 2.05. The van der Waals surface area contributed by atoms with E-state index in [-0.39, 0.29) is 12.6 Å². The molecule has 0 heterocycles. The Balaban J connectivity index is 3.24. The molecule has 1 unspecified atom stereocenters. The Morgan fingerprint density at radius 3 is 2.29 bits per heavy atom. The topological polar surface area (TPSA) is 31.9 Å². The normalized spacial score (nSPS) is 13.1. The largest absolute Gasteiger partial charge is 0.312 e. The first-order chi connectivity index (χ1) is 6.85. The van der Waals surface area contributed by atoms with Crippen LogP contribution in [0.1, 0.15) is 58.8 Å². The molecule has 0 fully saturated rings. The van der Waals surface area contributed by atoms with Gasteiger partial charge < -0.3 is 5.32 Å². The first kappa shape index (κ1) is 13.9. The Morgan fingerprint density at radius 1 is 1.00 bits per heavy atom. The standard InChI is InChI=1S/C12H26NO/c1-3-5-7-8-10-13-12(11-14)9-6-4-2/h12-13H,3-11H2,1-2H3. The van der Waals surface area contributed by atoms with Crippen LogP contribution in [-0.2, 0) is 5.11 Å². The molecule has 1 radical (unpaired) electrons. The molecule has 0 amide bonds. The third kappa shape index (κ3) is 8.52. The van der Waals surface area contributed by atoms with Crippen molar-refractivity contribution in [2.45, 2.75) is 64.8 Å². The van der Waals surface area contributed by atoms with Crippen molar-refractivity contribution in [1.29, 1.82) is 0 Å². The molecule has 0 saturated heterocycles. The summed E-state index contributed by atoms with van der Waals surface area (Å²) in [6, 6.07) is 0.219. The fourth-order valence-electron chi connectivity index (χ4n) is 1.55. The van der Waals surface area contributed by atoms with Crippen molar-refractivity contribution in [3.63, 3.8) is 0 Å². The summed E-state index contributed by atoms with van der Waals surface area (Å²) in [5, 5.41) is 14.1. The van der Waals surface area contributed by atoms with Gasteiger partial charge in [-0.2, -0.15) is 0 Å². The van der Waals surface area contributed by atoms with Crippen LogP contribution in [0.25, 0.3) is 0 Å². The number of nitrogens with one attached hydrogen (secondary N) is 1. The highest BCUT2D eigenvalue weighted by atomic mass is 16.3. The van der Waals surface area contributed by atoms with E-state index in [9.17, 15) is 5.11 Å². The Labute approximate surface area is 89.1 Å². The molecule has 0 aliphatic heterocycles. The minimum absolute atomic E-state index is 0.0355. The van der Waals surface area contributed by atoms with E-state index in [1.807, 2.05) is 0 Å². The first-order valence-electron chi connectivity index (χ1n) is 6.16. The van der Waals surface area contributed by atoms with Gasteiger partial charge in [0.1, 0.15) is 0 Å².